The van der Waals surface area contributed by atoms with Crippen molar-refractivity contribution in [3.05, 3.63) is 106 Å². The Labute approximate surface area is 170 Å². The van der Waals surface area contributed by atoms with E-state index >= 15 is 0 Å². The van der Waals surface area contributed by atoms with E-state index in [4.69, 9.17) is 4.74 Å². The zero-order valence-corrected chi connectivity index (χ0v) is 16.5. The summed E-state index contributed by atoms with van der Waals surface area (Å²) in [6.07, 6.45) is 1.64. The number of carbonyl (C=O) groups excluding carboxylic acids is 1. The molecule has 1 aromatic heterocycles. The van der Waals surface area contributed by atoms with Gasteiger partial charge in [-0.05, 0) is 22.8 Å². The summed E-state index contributed by atoms with van der Waals surface area (Å²) in [7, 11) is 1.59. The van der Waals surface area contributed by atoms with Crippen LogP contribution in [-0.4, -0.2) is 35.6 Å². The fourth-order valence-corrected chi connectivity index (χ4v) is 3.94. The standard InChI is InChI=1S/C24H24N2O3/c1-29-14-13-25-16-20(11-12-23(25)27)24(28)26-15-19-9-5-6-10-21(19)22(17-26)18-7-3-2-4-8-18/h2-12,16,22H,13-15,17H2,1H3/t22-/m1/s1. The number of nitrogens with zero attached hydrogens (tertiary/aromatic N) is 2. The third-order valence-electron chi connectivity index (χ3n) is 5.45. The molecule has 1 aliphatic rings. The molecule has 0 aliphatic carbocycles. The zero-order valence-electron chi connectivity index (χ0n) is 16.5. The number of rotatable bonds is 5. The average molecular weight is 388 g/mol. The summed E-state index contributed by atoms with van der Waals surface area (Å²) in [5.74, 6) is 0.0658. The van der Waals surface area contributed by atoms with Gasteiger partial charge in [-0.15, -0.1) is 0 Å². The molecule has 3 aromatic rings. The minimum Gasteiger partial charge on any atom is -0.383 e. The summed E-state index contributed by atoms with van der Waals surface area (Å²) in [4.78, 5) is 27.2. The third-order valence-corrected chi connectivity index (χ3v) is 5.45. The minimum atomic E-state index is -0.134. The van der Waals surface area contributed by atoms with Crippen molar-refractivity contribution in [2.75, 3.05) is 20.3 Å². The number of aromatic nitrogens is 1. The normalized spacial score (nSPS) is 15.8. The van der Waals surface area contributed by atoms with Crippen LogP contribution in [0.1, 0.15) is 33.0 Å². The Morgan fingerprint density at radius 1 is 1.03 bits per heavy atom. The summed E-state index contributed by atoms with van der Waals surface area (Å²) in [5.41, 5.74) is 4.01. The van der Waals surface area contributed by atoms with Crippen LogP contribution < -0.4 is 5.56 Å². The van der Waals surface area contributed by atoms with Crippen molar-refractivity contribution in [3.8, 4) is 0 Å². The van der Waals surface area contributed by atoms with E-state index in [0.29, 0.717) is 31.8 Å². The number of amides is 1. The van der Waals surface area contributed by atoms with E-state index in [-0.39, 0.29) is 17.4 Å². The first-order valence-corrected chi connectivity index (χ1v) is 9.79. The van der Waals surface area contributed by atoms with Crippen molar-refractivity contribution in [1.82, 2.24) is 9.47 Å². The molecule has 1 amide bonds. The monoisotopic (exact) mass is 388 g/mol. The Morgan fingerprint density at radius 3 is 2.59 bits per heavy atom. The second-order valence-electron chi connectivity index (χ2n) is 7.29. The Hall–Kier alpha value is -3.18. The van der Waals surface area contributed by atoms with Gasteiger partial charge in [-0.1, -0.05) is 54.6 Å². The van der Waals surface area contributed by atoms with Crippen molar-refractivity contribution >= 4 is 5.91 Å². The number of methoxy groups -OCH3 is 1. The van der Waals surface area contributed by atoms with E-state index in [9.17, 15) is 9.59 Å². The topological polar surface area (TPSA) is 51.5 Å². The fraction of sp³-hybridized carbons (Fsp3) is 0.250. The first-order chi connectivity index (χ1) is 14.2. The van der Waals surface area contributed by atoms with Crippen LogP contribution in [-0.2, 0) is 17.8 Å². The Bertz CT molecular complexity index is 1060. The van der Waals surface area contributed by atoms with Gasteiger partial charge in [0, 0.05) is 44.9 Å². The highest BCUT2D eigenvalue weighted by Crippen LogP contribution is 2.33. The lowest BCUT2D eigenvalue weighted by Gasteiger charge is -2.35. The summed E-state index contributed by atoms with van der Waals surface area (Å²) in [6.45, 7) is 2.02. The molecule has 0 fully saturated rings. The molecule has 0 saturated carbocycles. The van der Waals surface area contributed by atoms with E-state index in [1.54, 1.807) is 19.4 Å². The van der Waals surface area contributed by atoms with Crippen LogP contribution in [0.3, 0.4) is 0 Å². The first kappa shape index (κ1) is 19.2. The smallest absolute Gasteiger partial charge is 0.255 e. The van der Waals surface area contributed by atoms with Crippen LogP contribution in [0.4, 0.5) is 0 Å². The molecule has 0 N–H and O–H groups in total. The average Bonchev–Trinajstić information content (AvgIpc) is 2.78. The van der Waals surface area contributed by atoms with Gasteiger partial charge in [-0.2, -0.15) is 0 Å². The van der Waals surface area contributed by atoms with E-state index in [2.05, 4.69) is 30.3 Å². The van der Waals surface area contributed by atoms with Crippen LogP contribution in [0.5, 0.6) is 0 Å². The van der Waals surface area contributed by atoms with Gasteiger partial charge in [0.25, 0.3) is 11.5 Å². The molecule has 2 aromatic carbocycles. The molecule has 2 heterocycles. The molecule has 1 aliphatic heterocycles. The number of hydrogen-bond acceptors (Lipinski definition) is 3. The van der Waals surface area contributed by atoms with E-state index in [1.807, 2.05) is 29.2 Å². The fourth-order valence-electron chi connectivity index (χ4n) is 3.94. The molecule has 0 spiro atoms. The van der Waals surface area contributed by atoms with Crippen LogP contribution in [0.25, 0.3) is 0 Å². The maximum atomic E-state index is 13.3. The van der Waals surface area contributed by atoms with Gasteiger partial charge < -0.3 is 14.2 Å². The predicted octanol–water partition coefficient (Wildman–Crippen LogP) is 3.28. The third kappa shape index (κ3) is 4.00. The van der Waals surface area contributed by atoms with E-state index < -0.39 is 0 Å². The van der Waals surface area contributed by atoms with Crippen LogP contribution >= 0.6 is 0 Å². The predicted molar refractivity (Wildman–Crippen MR) is 112 cm³/mol. The molecule has 29 heavy (non-hydrogen) atoms. The molecule has 5 nitrogen and oxygen atoms in total. The van der Waals surface area contributed by atoms with Crippen LogP contribution in [0.2, 0.25) is 0 Å². The maximum absolute atomic E-state index is 13.3. The van der Waals surface area contributed by atoms with Crippen molar-refractivity contribution in [3.63, 3.8) is 0 Å². The highest BCUT2D eigenvalue weighted by atomic mass is 16.5. The van der Waals surface area contributed by atoms with Gasteiger partial charge >= 0.3 is 0 Å². The van der Waals surface area contributed by atoms with Gasteiger partial charge in [0.2, 0.25) is 0 Å². The van der Waals surface area contributed by atoms with Gasteiger partial charge in [-0.3, -0.25) is 9.59 Å². The molecular formula is C24H24N2O3. The van der Waals surface area contributed by atoms with Crippen LogP contribution in [0.15, 0.2) is 77.7 Å². The summed E-state index contributed by atoms with van der Waals surface area (Å²) >= 11 is 0. The van der Waals surface area contributed by atoms with E-state index in [0.717, 1.165) is 5.56 Å². The largest absolute Gasteiger partial charge is 0.383 e. The van der Waals surface area contributed by atoms with Gasteiger partial charge in [0.05, 0.1) is 12.2 Å². The number of carbonyl (C=O) groups is 1. The summed E-state index contributed by atoms with van der Waals surface area (Å²) < 4.78 is 6.60. The zero-order chi connectivity index (χ0) is 20.2. The van der Waals surface area contributed by atoms with Gasteiger partial charge in [-0.25, -0.2) is 0 Å². The lowest BCUT2D eigenvalue weighted by atomic mass is 9.84. The summed E-state index contributed by atoms with van der Waals surface area (Å²) in [6, 6.07) is 21.7. The van der Waals surface area contributed by atoms with Crippen molar-refractivity contribution in [2.45, 2.75) is 19.0 Å². The number of hydrogen-bond donors (Lipinski definition) is 0. The Balaban J connectivity index is 1.66. The Kier molecular flexibility index (Phi) is 5.58. The SMILES string of the molecule is COCCn1cc(C(=O)N2Cc3ccccc3[C@@H](c3ccccc3)C2)ccc1=O. The molecule has 0 radical (unpaired) electrons. The number of pyridine rings is 1. The van der Waals surface area contributed by atoms with Crippen LogP contribution in [0, 0.1) is 0 Å². The first-order valence-electron chi connectivity index (χ1n) is 9.79. The van der Waals surface area contributed by atoms with Gasteiger partial charge in [0.1, 0.15) is 0 Å². The lowest BCUT2D eigenvalue weighted by Crippen LogP contribution is -2.39. The van der Waals surface area contributed by atoms with Gasteiger partial charge in [0.15, 0.2) is 0 Å². The second-order valence-corrected chi connectivity index (χ2v) is 7.29. The highest BCUT2D eigenvalue weighted by molar-refractivity contribution is 5.94. The van der Waals surface area contributed by atoms with Crippen molar-refractivity contribution < 1.29 is 9.53 Å². The number of ether oxygens (including phenoxy) is 1. The van der Waals surface area contributed by atoms with Crippen molar-refractivity contribution in [1.29, 1.82) is 0 Å². The van der Waals surface area contributed by atoms with Crippen molar-refractivity contribution in [2.24, 2.45) is 0 Å². The molecule has 1 atom stereocenters. The minimum absolute atomic E-state index is 0.0633. The lowest BCUT2D eigenvalue weighted by molar-refractivity contribution is 0.0723. The molecule has 4 rings (SSSR count). The number of benzene rings is 2. The maximum Gasteiger partial charge on any atom is 0.255 e. The second kappa shape index (κ2) is 8.45. The molecule has 5 heteroatoms. The van der Waals surface area contributed by atoms with E-state index in [1.165, 1.54) is 21.8 Å². The highest BCUT2D eigenvalue weighted by Gasteiger charge is 2.29. The molecule has 0 bridgehead atoms. The Morgan fingerprint density at radius 2 is 1.79 bits per heavy atom. The summed E-state index contributed by atoms with van der Waals surface area (Å²) in [5, 5.41) is 0. The molecule has 0 saturated heterocycles. The molecule has 148 valence electrons. The number of fused-ring (bicyclic) bond motifs is 1. The quantitative estimate of drug-likeness (QED) is 0.674. The molecular weight excluding hydrogens is 364 g/mol. The molecule has 0 unspecified atom stereocenters.